The molecule has 13 heavy (non-hydrogen) atoms. The molecule has 1 aliphatic rings. The first-order valence-corrected chi connectivity index (χ1v) is 5.08. The normalized spacial score (nSPS) is 33.3. The highest BCUT2D eigenvalue weighted by atomic mass is 16.5. The Kier molecular flexibility index (Phi) is 3.72. The fourth-order valence-electron chi connectivity index (χ4n) is 1.75. The lowest BCUT2D eigenvalue weighted by atomic mass is 10.1. The van der Waals surface area contributed by atoms with Gasteiger partial charge in [-0.05, 0) is 26.7 Å². The lowest BCUT2D eigenvalue weighted by Gasteiger charge is -2.15. The first kappa shape index (κ1) is 10.5. The number of ether oxygens (including phenoxy) is 1. The second kappa shape index (κ2) is 4.61. The van der Waals surface area contributed by atoms with E-state index < -0.39 is 0 Å². The minimum Gasteiger partial charge on any atom is -0.373 e. The van der Waals surface area contributed by atoms with Crippen molar-refractivity contribution in [3.8, 4) is 0 Å². The highest BCUT2D eigenvalue weighted by Gasteiger charge is 2.30. The van der Waals surface area contributed by atoms with Crippen LogP contribution in [-0.2, 0) is 9.53 Å². The third-order valence-electron chi connectivity index (χ3n) is 2.42. The molecule has 1 fully saturated rings. The summed E-state index contributed by atoms with van der Waals surface area (Å²) >= 11 is 0. The van der Waals surface area contributed by atoms with Crippen molar-refractivity contribution in [1.29, 1.82) is 0 Å². The van der Waals surface area contributed by atoms with E-state index in [1.54, 1.807) is 0 Å². The predicted molar refractivity (Wildman–Crippen MR) is 51.5 cm³/mol. The van der Waals surface area contributed by atoms with Crippen LogP contribution in [-0.4, -0.2) is 24.2 Å². The zero-order chi connectivity index (χ0) is 9.84. The molecular weight excluding hydrogens is 166 g/mol. The van der Waals surface area contributed by atoms with Crippen LogP contribution in [0.15, 0.2) is 0 Å². The first-order chi connectivity index (χ1) is 6.13. The average Bonchev–Trinajstić information content (AvgIpc) is 2.30. The van der Waals surface area contributed by atoms with E-state index in [0.717, 1.165) is 12.8 Å². The molecule has 0 aromatic heterocycles. The molecule has 0 bridgehead atoms. The van der Waals surface area contributed by atoms with Crippen LogP contribution < -0.4 is 5.32 Å². The molecule has 0 radical (unpaired) electrons. The van der Waals surface area contributed by atoms with Crippen LogP contribution in [0.2, 0.25) is 0 Å². The molecular formula is C10H19NO2. The highest BCUT2D eigenvalue weighted by Crippen LogP contribution is 2.19. The van der Waals surface area contributed by atoms with Gasteiger partial charge in [-0.1, -0.05) is 6.92 Å². The number of hydrogen-bond acceptors (Lipinski definition) is 2. The third kappa shape index (κ3) is 2.99. The molecule has 1 N–H and O–H groups in total. The second-order valence-electron chi connectivity index (χ2n) is 3.81. The number of rotatable bonds is 3. The largest absolute Gasteiger partial charge is 0.373 e. The van der Waals surface area contributed by atoms with Crippen molar-refractivity contribution in [3.05, 3.63) is 0 Å². The summed E-state index contributed by atoms with van der Waals surface area (Å²) in [5.41, 5.74) is 0. The van der Waals surface area contributed by atoms with Gasteiger partial charge in [0.05, 0.1) is 18.2 Å². The Morgan fingerprint density at radius 3 is 2.69 bits per heavy atom. The maximum absolute atomic E-state index is 11.3. The van der Waals surface area contributed by atoms with Gasteiger partial charge in [0.15, 0.2) is 0 Å². The van der Waals surface area contributed by atoms with E-state index in [0.29, 0.717) is 6.42 Å². The van der Waals surface area contributed by atoms with Gasteiger partial charge in [0.25, 0.3) is 0 Å². The molecule has 3 nitrogen and oxygen atoms in total. The monoisotopic (exact) mass is 185 g/mol. The Labute approximate surface area is 79.8 Å². The molecule has 1 heterocycles. The zero-order valence-corrected chi connectivity index (χ0v) is 8.67. The molecule has 76 valence electrons. The van der Waals surface area contributed by atoms with Gasteiger partial charge in [-0.3, -0.25) is 4.79 Å². The van der Waals surface area contributed by atoms with Crippen LogP contribution in [0.4, 0.5) is 0 Å². The van der Waals surface area contributed by atoms with Crippen LogP contribution in [0.3, 0.4) is 0 Å². The zero-order valence-electron chi connectivity index (χ0n) is 8.67. The Morgan fingerprint density at radius 2 is 2.23 bits per heavy atom. The fraction of sp³-hybridized carbons (Fsp3) is 0.900. The molecule has 3 atom stereocenters. The molecule has 1 aliphatic heterocycles. The number of carbonyl (C=O) groups excluding carboxylic acids is 1. The van der Waals surface area contributed by atoms with Crippen molar-refractivity contribution >= 4 is 5.91 Å². The average molecular weight is 185 g/mol. The SMILES string of the molecule is CCCC(=O)NC1CC(C)OC1C. The fourth-order valence-corrected chi connectivity index (χ4v) is 1.75. The molecule has 1 amide bonds. The van der Waals surface area contributed by atoms with E-state index in [1.807, 2.05) is 20.8 Å². The van der Waals surface area contributed by atoms with Crippen molar-refractivity contribution in [3.63, 3.8) is 0 Å². The summed E-state index contributed by atoms with van der Waals surface area (Å²) in [6, 6.07) is 0.217. The molecule has 1 saturated heterocycles. The van der Waals surface area contributed by atoms with Crippen LogP contribution in [0.5, 0.6) is 0 Å². The van der Waals surface area contributed by atoms with Gasteiger partial charge >= 0.3 is 0 Å². The first-order valence-electron chi connectivity index (χ1n) is 5.08. The summed E-state index contributed by atoms with van der Waals surface area (Å²) in [5.74, 6) is 0.150. The van der Waals surface area contributed by atoms with Crippen molar-refractivity contribution in [1.82, 2.24) is 5.32 Å². The Hall–Kier alpha value is -0.570. The molecule has 0 saturated carbocycles. The molecule has 1 rings (SSSR count). The highest BCUT2D eigenvalue weighted by molar-refractivity contribution is 5.76. The molecule has 3 heteroatoms. The van der Waals surface area contributed by atoms with Crippen molar-refractivity contribution in [2.45, 2.75) is 58.3 Å². The van der Waals surface area contributed by atoms with Crippen molar-refractivity contribution in [2.24, 2.45) is 0 Å². The minimum absolute atomic E-state index is 0.150. The van der Waals surface area contributed by atoms with Gasteiger partial charge < -0.3 is 10.1 Å². The number of hydrogen-bond donors (Lipinski definition) is 1. The topological polar surface area (TPSA) is 38.3 Å². The van der Waals surface area contributed by atoms with Gasteiger partial charge in [-0.25, -0.2) is 0 Å². The Bertz CT molecular complexity index is 182. The van der Waals surface area contributed by atoms with E-state index in [9.17, 15) is 4.79 Å². The van der Waals surface area contributed by atoms with E-state index in [1.165, 1.54) is 0 Å². The summed E-state index contributed by atoms with van der Waals surface area (Å²) in [6.45, 7) is 6.07. The van der Waals surface area contributed by atoms with Gasteiger partial charge in [0, 0.05) is 6.42 Å². The second-order valence-corrected chi connectivity index (χ2v) is 3.81. The summed E-state index contributed by atoms with van der Waals surface area (Å²) in [7, 11) is 0. The molecule has 0 aromatic rings. The molecule has 0 aliphatic carbocycles. The summed E-state index contributed by atoms with van der Waals surface area (Å²) in [5, 5.41) is 3.00. The van der Waals surface area contributed by atoms with Crippen LogP contribution in [0.25, 0.3) is 0 Å². The van der Waals surface area contributed by atoms with Crippen LogP contribution in [0.1, 0.15) is 40.0 Å². The Balaban J connectivity index is 2.32. The lowest BCUT2D eigenvalue weighted by Crippen LogP contribution is -2.38. The van der Waals surface area contributed by atoms with Crippen LogP contribution >= 0.6 is 0 Å². The van der Waals surface area contributed by atoms with E-state index in [2.05, 4.69) is 5.32 Å². The number of nitrogens with one attached hydrogen (secondary N) is 1. The maximum atomic E-state index is 11.3. The summed E-state index contributed by atoms with van der Waals surface area (Å²) in [4.78, 5) is 11.3. The van der Waals surface area contributed by atoms with Crippen LogP contribution in [0, 0.1) is 0 Å². The smallest absolute Gasteiger partial charge is 0.220 e. The Morgan fingerprint density at radius 1 is 1.54 bits per heavy atom. The van der Waals surface area contributed by atoms with Gasteiger partial charge in [0.2, 0.25) is 5.91 Å². The maximum Gasteiger partial charge on any atom is 0.220 e. The van der Waals surface area contributed by atoms with E-state index >= 15 is 0 Å². The molecule has 0 spiro atoms. The number of carbonyl (C=O) groups is 1. The van der Waals surface area contributed by atoms with Crippen molar-refractivity contribution in [2.75, 3.05) is 0 Å². The summed E-state index contributed by atoms with van der Waals surface area (Å²) < 4.78 is 5.54. The standard InChI is InChI=1S/C10H19NO2/c1-4-5-10(12)11-9-6-7(2)13-8(9)3/h7-9H,4-6H2,1-3H3,(H,11,12). The summed E-state index contributed by atoms with van der Waals surface area (Å²) in [6.07, 6.45) is 2.91. The van der Waals surface area contributed by atoms with E-state index in [-0.39, 0.29) is 24.2 Å². The van der Waals surface area contributed by atoms with Crippen molar-refractivity contribution < 1.29 is 9.53 Å². The molecule has 0 aromatic carbocycles. The van der Waals surface area contributed by atoms with Gasteiger partial charge in [-0.2, -0.15) is 0 Å². The minimum atomic E-state index is 0.150. The predicted octanol–water partition coefficient (Wildman–Crippen LogP) is 1.47. The third-order valence-corrected chi connectivity index (χ3v) is 2.42. The van der Waals surface area contributed by atoms with Gasteiger partial charge in [0.1, 0.15) is 0 Å². The van der Waals surface area contributed by atoms with E-state index in [4.69, 9.17) is 4.74 Å². The number of amides is 1. The lowest BCUT2D eigenvalue weighted by molar-refractivity contribution is -0.122. The van der Waals surface area contributed by atoms with Gasteiger partial charge in [-0.15, -0.1) is 0 Å². The molecule has 3 unspecified atom stereocenters. The quantitative estimate of drug-likeness (QED) is 0.723.